The number of ether oxygens (including phenoxy) is 1. The van der Waals surface area contributed by atoms with Gasteiger partial charge < -0.3 is 10.5 Å². The number of rotatable bonds is 4. The summed E-state index contributed by atoms with van der Waals surface area (Å²) in [5.74, 6) is 0.919. The molecule has 2 nitrogen and oxygen atoms in total. The average molecular weight is 282 g/mol. The third-order valence-corrected chi connectivity index (χ3v) is 5.45. The van der Waals surface area contributed by atoms with Crippen molar-refractivity contribution in [2.75, 3.05) is 0 Å². The Hall–Kier alpha value is -0.730. The van der Waals surface area contributed by atoms with E-state index in [1.54, 1.807) is 0 Å². The summed E-state index contributed by atoms with van der Waals surface area (Å²) < 4.78 is 6.20. The molecule has 0 amide bonds. The van der Waals surface area contributed by atoms with Gasteiger partial charge in [0.15, 0.2) is 0 Å². The molecule has 1 fully saturated rings. The van der Waals surface area contributed by atoms with Crippen LogP contribution in [0, 0.1) is 19.3 Å². The molecule has 3 heteroatoms. The number of hydrogen-bond donors (Lipinski definition) is 1. The Morgan fingerprint density at radius 3 is 2.21 bits per heavy atom. The highest BCUT2D eigenvalue weighted by molar-refractivity contribution is 6.32. The SMILES string of the molecule is CCC1(CC)C(N)CC1Oc1cc(C)c(Cl)c(C)c1. The Balaban J connectivity index is 2.19. The van der Waals surface area contributed by atoms with Gasteiger partial charge in [-0.05, 0) is 49.9 Å². The minimum absolute atomic E-state index is 0.140. The third kappa shape index (κ3) is 2.36. The maximum Gasteiger partial charge on any atom is 0.120 e. The highest BCUT2D eigenvalue weighted by atomic mass is 35.5. The number of halogens is 1. The number of aryl methyl sites for hydroxylation is 2. The van der Waals surface area contributed by atoms with Gasteiger partial charge in [-0.2, -0.15) is 0 Å². The first-order valence-electron chi connectivity index (χ1n) is 7.13. The van der Waals surface area contributed by atoms with Crippen LogP contribution in [0.5, 0.6) is 5.75 Å². The van der Waals surface area contributed by atoms with E-state index in [4.69, 9.17) is 22.1 Å². The predicted molar refractivity (Wildman–Crippen MR) is 80.9 cm³/mol. The molecule has 0 aliphatic heterocycles. The van der Waals surface area contributed by atoms with Crippen molar-refractivity contribution in [3.63, 3.8) is 0 Å². The fraction of sp³-hybridized carbons (Fsp3) is 0.625. The molecule has 2 rings (SSSR count). The van der Waals surface area contributed by atoms with Crippen LogP contribution < -0.4 is 10.5 Å². The van der Waals surface area contributed by atoms with E-state index in [1.165, 1.54) is 0 Å². The lowest BCUT2D eigenvalue weighted by Gasteiger charge is -2.53. The second kappa shape index (κ2) is 5.34. The van der Waals surface area contributed by atoms with Crippen LogP contribution in [0.3, 0.4) is 0 Å². The lowest BCUT2D eigenvalue weighted by Crippen LogP contribution is -2.62. The summed E-state index contributed by atoms with van der Waals surface area (Å²) in [6, 6.07) is 4.31. The Morgan fingerprint density at radius 1 is 1.26 bits per heavy atom. The molecule has 1 aliphatic carbocycles. The molecule has 0 spiro atoms. The normalized spacial score (nSPS) is 24.9. The lowest BCUT2D eigenvalue weighted by molar-refractivity contribution is -0.0722. The van der Waals surface area contributed by atoms with Crippen molar-refractivity contribution in [2.24, 2.45) is 11.1 Å². The number of nitrogens with two attached hydrogens (primary N) is 1. The smallest absolute Gasteiger partial charge is 0.120 e. The first kappa shape index (κ1) is 14.7. The van der Waals surface area contributed by atoms with E-state index < -0.39 is 0 Å². The molecule has 2 unspecified atom stereocenters. The molecule has 0 aromatic heterocycles. The highest BCUT2D eigenvalue weighted by Crippen LogP contribution is 2.48. The fourth-order valence-electron chi connectivity index (χ4n) is 3.31. The number of hydrogen-bond acceptors (Lipinski definition) is 2. The average Bonchev–Trinajstić information content (AvgIpc) is 2.37. The second-order valence-electron chi connectivity index (χ2n) is 5.76. The monoisotopic (exact) mass is 281 g/mol. The van der Waals surface area contributed by atoms with Crippen molar-refractivity contribution in [2.45, 2.75) is 59.1 Å². The second-order valence-corrected chi connectivity index (χ2v) is 6.14. The molecule has 1 aromatic carbocycles. The van der Waals surface area contributed by atoms with E-state index in [2.05, 4.69) is 13.8 Å². The zero-order valence-corrected chi connectivity index (χ0v) is 13.1. The van der Waals surface area contributed by atoms with E-state index in [1.807, 2.05) is 26.0 Å². The molecule has 0 heterocycles. The first-order valence-corrected chi connectivity index (χ1v) is 7.51. The molecule has 1 saturated carbocycles. The Bertz CT molecular complexity index is 445. The highest BCUT2D eigenvalue weighted by Gasteiger charge is 2.52. The van der Waals surface area contributed by atoms with Crippen molar-refractivity contribution < 1.29 is 4.74 Å². The van der Waals surface area contributed by atoms with Gasteiger partial charge in [0.05, 0.1) is 0 Å². The maximum absolute atomic E-state index is 6.21. The van der Waals surface area contributed by atoms with Crippen LogP contribution in [0.2, 0.25) is 5.02 Å². The van der Waals surface area contributed by atoms with Crippen LogP contribution in [0.4, 0.5) is 0 Å². The molecule has 2 atom stereocenters. The summed E-state index contributed by atoms with van der Waals surface area (Å²) in [4.78, 5) is 0. The zero-order valence-electron chi connectivity index (χ0n) is 12.3. The quantitative estimate of drug-likeness (QED) is 0.896. The summed E-state index contributed by atoms with van der Waals surface area (Å²) in [6.07, 6.45) is 3.32. The summed E-state index contributed by atoms with van der Waals surface area (Å²) in [5.41, 5.74) is 8.48. The Labute approximate surface area is 121 Å². The van der Waals surface area contributed by atoms with E-state index in [-0.39, 0.29) is 17.6 Å². The van der Waals surface area contributed by atoms with E-state index in [0.717, 1.165) is 41.2 Å². The van der Waals surface area contributed by atoms with Crippen molar-refractivity contribution in [1.82, 2.24) is 0 Å². The Kier molecular flexibility index (Phi) is 4.12. The zero-order chi connectivity index (χ0) is 14.2. The summed E-state index contributed by atoms with van der Waals surface area (Å²) in [6.45, 7) is 8.44. The molecule has 0 bridgehead atoms. The molecule has 106 valence electrons. The molecule has 1 aliphatic rings. The predicted octanol–water partition coefficient (Wildman–Crippen LogP) is 4.24. The molecule has 2 N–H and O–H groups in total. The lowest BCUT2D eigenvalue weighted by atomic mass is 9.59. The van der Waals surface area contributed by atoms with Gasteiger partial charge in [0, 0.05) is 22.9 Å². The van der Waals surface area contributed by atoms with E-state index in [0.29, 0.717) is 0 Å². The minimum Gasteiger partial charge on any atom is -0.490 e. The van der Waals surface area contributed by atoms with E-state index >= 15 is 0 Å². The molecule has 0 radical (unpaired) electrons. The summed E-state index contributed by atoms with van der Waals surface area (Å²) in [5, 5.41) is 0.829. The molecule has 0 saturated heterocycles. The topological polar surface area (TPSA) is 35.2 Å². The van der Waals surface area contributed by atoms with Crippen LogP contribution in [0.1, 0.15) is 44.2 Å². The Morgan fingerprint density at radius 2 is 1.79 bits per heavy atom. The minimum atomic E-state index is 0.140. The van der Waals surface area contributed by atoms with Crippen LogP contribution in [0.15, 0.2) is 12.1 Å². The van der Waals surface area contributed by atoms with Gasteiger partial charge in [0.25, 0.3) is 0 Å². The molecule has 1 aromatic rings. The largest absolute Gasteiger partial charge is 0.490 e. The maximum atomic E-state index is 6.21. The summed E-state index contributed by atoms with van der Waals surface area (Å²) in [7, 11) is 0. The third-order valence-electron chi connectivity index (χ3n) is 4.85. The van der Waals surface area contributed by atoms with Crippen LogP contribution in [-0.4, -0.2) is 12.1 Å². The van der Waals surface area contributed by atoms with Gasteiger partial charge in [-0.15, -0.1) is 0 Å². The number of benzene rings is 1. The van der Waals surface area contributed by atoms with Crippen molar-refractivity contribution >= 4 is 11.6 Å². The van der Waals surface area contributed by atoms with Crippen LogP contribution >= 0.6 is 11.6 Å². The van der Waals surface area contributed by atoms with Gasteiger partial charge in [-0.25, -0.2) is 0 Å². The standard InChI is InChI=1S/C16H24ClNO/c1-5-16(6-2)13(18)9-14(16)19-12-7-10(3)15(17)11(4)8-12/h7-8,13-14H,5-6,9,18H2,1-4H3. The van der Waals surface area contributed by atoms with Gasteiger partial charge in [-0.1, -0.05) is 25.4 Å². The molecule has 19 heavy (non-hydrogen) atoms. The van der Waals surface area contributed by atoms with Crippen molar-refractivity contribution in [3.8, 4) is 5.75 Å². The molecular formula is C16H24ClNO. The van der Waals surface area contributed by atoms with Gasteiger partial charge >= 0.3 is 0 Å². The van der Waals surface area contributed by atoms with Crippen molar-refractivity contribution in [1.29, 1.82) is 0 Å². The summed E-state index contributed by atoms with van der Waals surface area (Å²) >= 11 is 6.19. The fourth-order valence-corrected chi connectivity index (χ4v) is 3.42. The van der Waals surface area contributed by atoms with Gasteiger partial charge in [0.2, 0.25) is 0 Å². The van der Waals surface area contributed by atoms with Gasteiger partial charge in [0.1, 0.15) is 11.9 Å². The van der Waals surface area contributed by atoms with Crippen LogP contribution in [-0.2, 0) is 0 Å². The van der Waals surface area contributed by atoms with Gasteiger partial charge in [-0.3, -0.25) is 0 Å². The first-order chi connectivity index (χ1) is 8.94. The van der Waals surface area contributed by atoms with Crippen LogP contribution in [0.25, 0.3) is 0 Å². The molecular weight excluding hydrogens is 258 g/mol. The van der Waals surface area contributed by atoms with E-state index in [9.17, 15) is 0 Å². The van der Waals surface area contributed by atoms with Crippen molar-refractivity contribution in [3.05, 3.63) is 28.3 Å².